The van der Waals surface area contributed by atoms with Crippen LogP contribution in [0, 0.1) is 0 Å². The molecule has 0 aromatic carbocycles. The lowest BCUT2D eigenvalue weighted by molar-refractivity contribution is 0.0684. The van der Waals surface area contributed by atoms with Crippen molar-refractivity contribution in [2.24, 2.45) is 0 Å². The van der Waals surface area contributed by atoms with Crippen LogP contribution < -0.4 is 0 Å². The van der Waals surface area contributed by atoms with Crippen molar-refractivity contribution < 1.29 is 9.90 Å². The first kappa shape index (κ1) is 7.79. The number of aromatic nitrogens is 2. The number of hydrogen-bond donors (Lipinski definition) is 1. The summed E-state index contributed by atoms with van der Waals surface area (Å²) in [6.07, 6.45) is 1.88. The summed E-state index contributed by atoms with van der Waals surface area (Å²) in [5, 5.41) is 8.83. The molecule has 12 heavy (non-hydrogen) atoms. The molecule has 0 radical (unpaired) electrons. The summed E-state index contributed by atoms with van der Waals surface area (Å²) in [5.41, 5.74) is 0.280. The first-order valence-electron chi connectivity index (χ1n) is 3.68. The fourth-order valence-electron chi connectivity index (χ4n) is 1.50. The van der Waals surface area contributed by atoms with Gasteiger partial charge in [-0.15, -0.1) is 0 Å². The molecule has 0 atom stereocenters. The van der Waals surface area contributed by atoms with Gasteiger partial charge in [0.05, 0.1) is 0 Å². The molecule has 4 nitrogen and oxygen atoms in total. The van der Waals surface area contributed by atoms with Crippen LogP contribution in [0.2, 0.25) is 0 Å². The lowest BCUT2D eigenvalue weighted by Crippen LogP contribution is -2.06. The maximum absolute atomic E-state index is 10.8. The Morgan fingerprint density at radius 1 is 1.67 bits per heavy atom. The van der Waals surface area contributed by atoms with E-state index in [-0.39, 0.29) is 5.69 Å². The number of imidazole rings is 1. The summed E-state index contributed by atoms with van der Waals surface area (Å²) < 4.78 is 2.21. The lowest BCUT2D eigenvalue weighted by Gasteiger charge is -1.98. The van der Waals surface area contributed by atoms with Crippen molar-refractivity contribution in [3.05, 3.63) is 16.1 Å². The van der Waals surface area contributed by atoms with Crippen molar-refractivity contribution in [2.45, 2.75) is 19.4 Å². The number of halogens is 1. The zero-order valence-corrected chi connectivity index (χ0v) is 7.84. The highest BCUT2D eigenvalue weighted by Crippen LogP contribution is 2.23. The SMILES string of the molecule is O=C(O)c1c(Br)nc2n1CCC2. The molecule has 0 saturated heterocycles. The first-order valence-corrected chi connectivity index (χ1v) is 4.47. The molecule has 64 valence electrons. The Morgan fingerprint density at radius 3 is 3.08 bits per heavy atom. The number of aromatic carboxylic acids is 1. The van der Waals surface area contributed by atoms with Crippen molar-refractivity contribution in [3.8, 4) is 0 Å². The average molecular weight is 231 g/mol. The second kappa shape index (κ2) is 2.58. The predicted molar refractivity (Wildman–Crippen MR) is 45.2 cm³/mol. The lowest BCUT2D eigenvalue weighted by atomic mass is 10.4. The van der Waals surface area contributed by atoms with Crippen LogP contribution in [-0.4, -0.2) is 20.6 Å². The van der Waals surface area contributed by atoms with Gasteiger partial charge in [0.2, 0.25) is 0 Å². The Morgan fingerprint density at radius 2 is 2.42 bits per heavy atom. The summed E-state index contributed by atoms with van der Waals surface area (Å²) in [7, 11) is 0. The van der Waals surface area contributed by atoms with Gasteiger partial charge in [-0.2, -0.15) is 0 Å². The number of hydrogen-bond acceptors (Lipinski definition) is 2. The molecule has 5 heteroatoms. The zero-order chi connectivity index (χ0) is 8.72. The Labute approximate surface area is 77.3 Å². The molecular weight excluding hydrogens is 224 g/mol. The third-order valence-corrected chi connectivity index (χ3v) is 2.54. The van der Waals surface area contributed by atoms with Crippen molar-refractivity contribution in [1.29, 1.82) is 0 Å². The number of aryl methyl sites for hydroxylation is 1. The van der Waals surface area contributed by atoms with E-state index in [9.17, 15) is 4.79 Å². The van der Waals surface area contributed by atoms with Gasteiger partial charge in [-0.3, -0.25) is 0 Å². The summed E-state index contributed by atoms with van der Waals surface area (Å²) in [6, 6.07) is 0. The molecule has 0 aliphatic carbocycles. The highest BCUT2D eigenvalue weighted by Gasteiger charge is 2.23. The summed E-state index contributed by atoms with van der Waals surface area (Å²) in [6.45, 7) is 0.773. The average Bonchev–Trinajstić information content (AvgIpc) is 2.44. The van der Waals surface area contributed by atoms with Gasteiger partial charge < -0.3 is 9.67 Å². The standard InChI is InChI=1S/C7H7BrN2O2/c8-6-5(7(11)12)10-3-1-2-4(10)9-6/h1-3H2,(H,11,12). The summed E-state index contributed by atoms with van der Waals surface area (Å²) in [5.74, 6) is -0.0400. The molecule has 1 aliphatic heterocycles. The van der Waals surface area contributed by atoms with Crippen LogP contribution >= 0.6 is 15.9 Å². The van der Waals surface area contributed by atoms with Crippen molar-refractivity contribution in [3.63, 3.8) is 0 Å². The van der Waals surface area contributed by atoms with Gasteiger partial charge in [-0.05, 0) is 22.4 Å². The second-order valence-electron chi connectivity index (χ2n) is 2.73. The maximum atomic E-state index is 10.8. The fraction of sp³-hybridized carbons (Fsp3) is 0.429. The van der Waals surface area contributed by atoms with E-state index >= 15 is 0 Å². The number of nitrogens with zero attached hydrogens (tertiary/aromatic N) is 2. The van der Waals surface area contributed by atoms with E-state index < -0.39 is 5.97 Å². The Bertz CT molecular complexity index is 345. The number of carbonyl (C=O) groups is 1. The third kappa shape index (κ3) is 0.964. The highest BCUT2D eigenvalue weighted by atomic mass is 79.9. The molecule has 0 amide bonds. The monoisotopic (exact) mass is 230 g/mol. The molecule has 1 aliphatic rings. The normalized spacial score (nSPS) is 14.8. The van der Waals surface area contributed by atoms with E-state index in [0.717, 1.165) is 25.2 Å². The minimum absolute atomic E-state index is 0.280. The van der Waals surface area contributed by atoms with E-state index in [1.807, 2.05) is 0 Å². The van der Waals surface area contributed by atoms with Gasteiger partial charge in [0.1, 0.15) is 10.4 Å². The highest BCUT2D eigenvalue weighted by molar-refractivity contribution is 9.10. The minimum Gasteiger partial charge on any atom is -0.476 e. The van der Waals surface area contributed by atoms with Gasteiger partial charge in [-0.1, -0.05) is 0 Å². The number of carboxylic acids is 1. The largest absolute Gasteiger partial charge is 0.476 e. The van der Waals surface area contributed by atoms with E-state index in [4.69, 9.17) is 5.11 Å². The molecule has 0 saturated carbocycles. The smallest absolute Gasteiger partial charge is 0.355 e. The minimum atomic E-state index is -0.914. The molecule has 2 rings (SSSR count). The van der Waals surface area contributed by atoms with Crippen molar-refractivity contribution in [1.82, 2.24) is 9.55 Å². The molecule has 1 aromatic rings. The Kier molecular flexibility index (Phi) is 1.68. The molecule has 0 bridgehead atoms. The van der Waals surface area contributed by atoms with Gasteiger partial charge in [-0.25, -0.2) is 9.78 Å². The van der Waals surface area contributed by atoms with Crippen LogP contribution in [0.1, 0.15) is 22.7 Å². The molecule has 0 spiro atoms. The molecule has 0 unspecified atom stereocenters. The van der Waals surface area contributed by atoms with Crippen molar-refractivity contribution in [2.75, 3.05) is 0 Å². The fourth-order valence-corrected chi connectivity index (χ4v) is 2.09. The number of fused-ring (bicyclic) bond motifs is 1. The quantitative estimate of drug-likeness (QED) is 0.792. The van der Waals surface area contributed by atoms with Crippen LogP contribution in [0.15, 0.2) is 4.60 Å². The first-order chi connectivity index (χ1) is 5.70. The number of rotatable bonds is 1. The zero-order valence-electron chi connectivity index (χ0n) is 6.25. The molecule has 0 fully saturated rings. The van der Waals surface area contributed by atoms with E-state index in [0.29, 0.717) is 4.60 Å². The second-order valence-corrected chi connectivity index (χ2v) is 3.48. The van der Waals surface area contributed by atoms with Crippen LogP contribution in [0.4, 0.5) is 0 Å². The predicted octanol–water partition coefficient (Wildman–Crippen LogP) is 1.29. The maximum Gasteiger partial charge on any atom is 0.355 e. The summed E-state index contributed by atoms with van der Waals surface area (Å²) in [4.78, 5) is 14.9. The summed E-state index contributed by atoms with van der Waals surface area (Å²) >= 11 is 3.13. The molecule has 2 heterocycles. The topological polar surface area (TPSA) is 55.1 Å². The van der Waals surface area contributed by atoms with E-state index in [2.05, 4.69) is 20.9 Å². The van der Waals surface area contributed by atoms with Crippen LogP contribution in [-0.2, 0) is 13.0 Å². The van der Waals surface area contributed by atoms with E-state index in [1.54, 1.807) is 4.57 Å². The van der Waals surface area contributed by atoms with E-state index in [1.165, 1.54) is 0 Å². The van der Waals surface area contributed by atoms with Gasteiger partial charge in [0, 0.05) is 13.0 Å². The van der Waals surface area contributed by atoms with Gasteiger partial charge >= 0.3 is 5.97 Å². The Hall–Kier alpha value is -0.840. The molecule has 1 N–H and O–H groups in total. The van der Waals surface area contributed by atoms with Gasteiger partial charge in [0.25, 0.3) is 0 Å². The third-order valence-electron chi connectivity index (χ3n) is 1.99. The number of carboxylic acid groups (broad SMARTS) is 1. The Balaban J connectivity index is 2.59. The van der Waals surface area contributed by atoms with Crippen LogP contribution in [0.5, 0.6) is 0 Å². The van der Waals surface area contributed by atoms with Crippen LogP contribution in [0.25, 0.3) is 0 Å². The molecular formula is C7H7BrN2O2. The van der Waals surface area contributed by atoms with Gasteiger partial charge in [0.15, 0.2) is 5.69 Å². The molecule has 1 aromatic heterocycles. The van der Waals surface area contributed by atoms with Crippen LogP contribution in [0.3, 0.4) is 0 Å². The van der Waals surface area contributed by atoms with Crippen molar-refractivity contribution >= 4 is 21.9 Å².